The Hall–Kier alpha value is -0.0400. The second kappa shape index (κ2) is 3.40. The van der Waals surface area contributed by atoms with Crippen LogP contribution in [-0.2, 0) is 0 Å². The lowest BCUT2D eigenvalue weighted by Gasteiger charge is -2.59. The van der Waals surface area contributed by atoms with Crippen molar-refractivity contribution in [3.8, 4) is 0 Å². The summed E-state index contributed by atoms with van der Waals surface area (Å²) in [4.78, 5) is 0. The van der Waals surface area contributed by atoms with Crippen molar-refractivity contribution in [3.05, 3.63) is 0 Å². The van der Waals surface area contributed by atoms with Crippen molar-refractivity contribution in [1.82, 2.24) is 0 Å². The number of hydrogen-bond donors (Lipinski definition) is 1. The Balaban J connectivity index is 1.49. The zero-order chi connectivity index (χ0) is 12.8. The SMILES string of the molecule is C[C@@]1(CO)CCC[C@H]2[C@H]3CC4[C@H]5CC3(CC[C@@H]21)C[C@@H]45. The zero-order valence-electron chi connectivity index (χ0n) is 12.3. The molecule has 0 amide bonds. The molecule has 1 spiro atoms. The van der Waals surface area contributed by atoms with E-state index in [1.165, 1.54) is 43.9 Å². The monoisotopic (exact) mass is 260 g/mol. The standard InChI is InChI=1S/C18H28O/c1-17(10-19)5-2-3-11-15(17)4-6-18-8-13-12(7-16(11)18)14(13)9-18/h11-16,19H,2-10H2,1H3/t11-,12?,13-,14+,15+,16-,17+,18?/m1/s1. The fourth-order valence-electron chi connectivity index (χ4n) is 7.69. The first-order valence-electron chi connectivity index (χ1n) is 8.78. The Kier molecular flexibility index (Phi) is 2.08. The van der Waals surface area contributed by atoms with Crippen LogP contribution in [0, 0.1) is 46.3 Å². The Morgan fingerprint density at radius 2 is 1.74 bits per heavy atom. The van der Waals surface area contributed by atoms with Gasteiger partial charge in [-0.15, -0.1) is 0 Å². The first-order chi connectivity index (χ1) is 9.17. The van der Waals surface area contributed by atoms with Crippen molar-refractivity contribution in [3.63, 3.8) is 0 Å². The number of hydrogen-bond acceptors (Lipinski definition) is 1. The maximum atomic E-state index is 9.92. The quantitative estimate of drug-likeness (QED) is 0.759. The average Bonchev–Trinajstić information content (AvgIpc) is 2.98. The summed E-state index contributed by atoms with van der Waals surface area (Å²) < 4.78 is 0. The Labute approximate surface area is 117 Å². The summed E-state index contributed by atoms with van der Waals surface area (Å²) in [6.45, 7) is 2.82. The highest BCUT2D eigenvalue weighted by molar-refractivity contribution is 5.19. The number of aliphatic hydroxyl groups is 1. The highest BCUT2D eigenvalue weighted by Gasteiger charge is 2.70. The third-order valence-corrected chi connectivity index (χ3v) is 8.63. The van der Waals surface area contributed by atoms with E-state index in [1.807, 2.05) is 0 Å². The molecule has 6 aliphatic rings. The third kappa shape index (κ3) is 1.27. The number of fused-ring (bicyclic) bond motifs is 1. The van der Waals surface area contributed by atoms with Gasteiger partial charge < -0.3 is 5.11 Å². The second-order valence-corrected chi connectivity index (χ2v) is 9.12. The molecule has 8 atom stereocenters. The average molecular weight is 260 g/mol. The predicted octanol–water partition coefficient (Wildman–Crippen LogP) is 3.86. The molecule has 0 heterocycles. The van der Waals surface area contributed by atoms with Crippen LogP contribution in [-0.4, -0.2) is 11.7 Å². The minimum atomic E-state index is 0.258. The van der Waals surface area contributed by atoms with E-state index in [-0.39, 0.29) is 5.41 Å². The van der Waals surface area contributed by atoms with E-state index in [9.17, 15) is 5.11 Å². The van der Waals surface area contributed by atoms with Crippen LogP contribution in [0.5, 0.6) is 0 Å². The molecule has 1 N–H and O–H groups in total. The summed E-state index contributed by atoms with van der Waals surface area (Å²) in [5.41, 5.74) is 1.05. The summed E-state index contributed by atoms with van der Waals surface area (Å²) in [6, 6.07) is 0. The molecule has 2 unspecified atom stereocenters. The van der Waals surface area contributed by atoms with Crippen molar-refractivity contribution in [2.45, 2.75) is 58.3 Å². The first kappa shape index (κ1) is 11.6. The number of aliphatic hydroxyl groups excluding tert-OH is 1. The maximum Gasteiger partial charge on any atom is 0.0487 e. The van der Waals surface area contributed by atoms with E-state index in [2.05, 4.69) is 6.92 Å². The van der Waals surface area contributed by atoms with Gasteiger partial charge in [-0.3, -0.25) is 0 Å². The molecule has 0 saturated heterocycles. The summed E-state index contributed by atoms with van der Waals surface area (Å²) in [5.74, 6) is 6.35. The molecule has 0 aliphatic heterocycles. The van der Waals surface area contributed by atoms with Crippen molar-refractivity contribution in [2.24, 2.45) is 46.3 Å². The molecule has 6 saturated carbocycles. The van der Waals surface area contributed by atoms with Crippen LogP contribution in [0.1, 0.15) is 58.3 Å². The Morgan fingerprint density at radius 3 is 2.47 bits per heavy atom. The van der Waals surface area contributed by atoms with Crippen LogP contribution in [0.15, 0.2) is 0 Å². The minimum absolute atomic E-state index is 0.258. The molecule has 6 rings (SSSR count). The van der Waals surface area contributed by atoms with Gasteiger partial charge in [0.1, 0.15) is 0 Å². The maximum absolute atomic E-state index is 9.92. The predicted molar refractivity (Wildman–Crippen MR) is 75.5 cm³/mol. The molecule has 6 fully saturated rings. The van der Waals surface area contributed by atoms with E-state index in [0.29, 0.717) is 6.61 Å². The highest BCUT2D eigenvalue weighted by atomic mass is 16.3. The lowest BCUT2D eigenvalue weighted by Crippen LogP contribution is -2.52. The van der Waals surface area contributed by atoms with Crippen LogP contribution < -0.4 is 0 Å². The third-order valence-electron chi connectivity index (χ3n) is 8.63. The first-order valence-corrected chi connectivity index (χ1v) is 8.78. The van der Waals surface area contributed by atoms with Crippen molar-refractivity contribution in [1.29, 1.82) is 0 Å². The summed E-state index contributed by atoms with van der Waals surface area (Å²) in [6.07, 6.45) is 11.9. The van der Waals surface area contributed by atoms with Gasteiger partial charge in [-0.2, -0.15) is 0 Å². The molecule has 6 aliphatic carbocycles. The molecule has 0 aromatic rings. The lowest BCUT2D eigenvalue weighted by molar-refractivity contribution is -0.114. The highest BCUT2D eigenvalue weighted by Crippen LogP contribution is 2.78. The zero-order valence-corrected chi connectivity index (χ0v) is 12.3. The normalized spacial score (nSPS) is 65.4. The second-order valence-electron chi connectivity index (χ2n) is 9.12. The van der Waals surface area contributed by atoms with Gasteiger partial charge in [0, 0.05) is 6.61 Å². The smallest absolute Gasteiger partial charge is 0.0487 e. The van der Waals surface area contributed by atoms with Crippen molar-refractivity contribution < 1.29 is 5.11 Å². The Morgan fingerprint density at radius 1 is 0.947 bits per heavy atom. The largest absolute Gasteiger partial charge is 0.396 e. The van der Waals surface area contributed by atoms with Crippen LogP contribution in [0.25, 0.3) is 0 Å². The summed E-state index contributed by atoms with van der Waals surface area (Å²) >= 11 is 0. The van der Waals surface area contributed by atoms with Gasteiger partial charge >= 0.3 is 0 Å². The molecule has 0 aromatic heterocycles. The van der Waals surface area contributed by atoms with Gasteiger partial charge in [-0.1, -0.05) is 13.3 Å². The minimum Gasteiger partial charge on any atom is -0.396 e. The lowest BCUT2D eigenvalue weighted by atomic mass is 9.46. The van der Waals surface area contributed by atoms with E-state index in [0.717, 1.165) is 29.1 Å². The van der Waals surface area contributed by atoms with Crippen LogP contribution in [0.3, 0.4) is 0 Å². The van der Waals surface area contributed by atoms with Crippen LogP contribution in [0.2, 0.25) is 0 Å². The summed E-state index contributed by atoms with van der Waals surface area (Å²) in [7, 11) is 0. The van der Waals surface area contributed by atoms with Crippen LogP contribution in [0.4, 0.5) is 0 Å². The topological polar surface area (TPSA) is 20.2 Å². The van der Waals surface area contributed by atoms with E-state index >= 15 is 0 Å². The van der Waals surface area contributed by atoms with Crippen molar-refractivity contribution in [2.75, 3.05) is 6.61 Å². The fourth-order valence-corrected chi connectivity index (χ4v) is 7.69. The van der Waals surface area contributed by atoms with Gasteiger partial charge in [0.2, 0.25) is 0 Å². The summed E-state index contributed by atoms with van der Waals surface area (Å²) in [5, 5.41) is 9.92. The van der Waals surface area contributed by atoms with Gasteiger partial charge in [0.25, 0.3) is 0 Å². The number of rotatable bonds is 1. The molecular formula is C18H28O. The van der Waals surface area contributed by atoms with Crippen LogP contribution >= 0.6 is 0 Å². The van der Waals surface area contributed by atoms with E-state index in [4.69, 9.17) is 0 Å². The van der Waals surface area contributed by atoms with E-state index in [1.54, 1.807) is 19.3 Å². The molecule has 1 nitrogen and oxygen atoms in total. The Bertz CT molecular complexity index is 404. The fraction of sp³-hybridized carbons (Fsp3) is 1.00. The molecule has 0 aromatic carbocycles. The van der Waals surface area contributed by atoms with Gasteiger partial charge in [0.05, 0.1) is 0 Å². The molecule has 0 radical (unpaired) electrons. The van der Waals surface area contributed by atoms with Crippen molar-refractivity contribution >= 4 is 0 Å². The van der Waals surface area contributed by atoms with Gasteiger partial charge in [0.15, 0.2) is 0 Å². The molecule has 4 bridgehead atoms. The van der Waals surface area contributed by atoms with E-state index < -0.39 is 0 Å². The molecule has 19 heavy (non-hydrogen) atoms. The van der Waals surface area contributed by atoms with Gasteiger partial charge in [-0.25, -0.2) is 0 Å². The molecule has 1 heteroatoms. The molecular weight excluding hydrogens is 232 g/mol. The molecule has 106 valence electrons. The van der Waals surface area contributed by atoms with Gasteiger partial charge in [-0.05, 0) is 91.3 Å².